The summed E-state index contributed by atoms with van der Waals surface area (Å²) in [6.45, 7) is 9.73. The molecule has 1 atom stereocenters. The second kappa shape index (κ2) is 6.36. The van der Waals surface area contributed by atoms with Gasteiger partial charge in [0.1, 0.15) is 0 Å². The van der Waals surface area contributed by atoms with Gasteiger partial charge in [-0.2, -0.15) is 0 Å². The van der Waals surface area contributed by atoms with E-state index in [0.717, 1.165) is 13.0 Å². The van der Waals surface area contributed by atoms with Gasteiger partial charge in [-0.3, -0.25) is 0 Å². The van der Waals surface area contributed by atoms with Crippen molar-refractivity contribution in [3.05, 3.63) is 56.8 Å². The third kappa shape index (κ3) is 3.26. The van der Waals surface area contributed by atoms with E-state index in [2.05, 4.69) is 63.3 Å². The highest BCUT2D eigenvalue weighted by atomic mass is 32.1. The van der Waals surface area contributed by atoms with Crippen molar-refractivity contribution in [1.29, 1.82) is 0 Å². The van der Waals surface area contributed by atoms with E-state index in [0.29, 0.717) is 6.04 Å². The molecule has 0 aliphatic carbocycles. The molecular formula is C17H23NS. The Morgan fingerprint density at radius 3 is 2.47 bits per heavy atom. The average molecular weight is 273 g/mol. The summed E-state index contributed by atoms with van der Waals surface area (Å²) in [5.74, 6) is 0. The van der Waals surface area contributed by atoms with Gasteiger partial charge in [-0.15, -0.1) is 11.3 Å². The van der Waals surface area contributed by atoms with Gasteiger partial charge in [-0.25, -0.2) is 0 Å². The Hall–Kier alpha value is -1.12. The van der Waals surface area contributed by atoms with Gasteiger partial charge < -0.3 is 5.32 Å². The first-order valence-electron chi connectivity index (χ1n) is 7.04. The molecule has 1 aromatic carbocycles. The predicted molar refractivity (Wildman–Crippen MR) is 85.1 cm³/mol. The summed E-state index contributed by atoms with van der Waals surface area (Å²) >= 11 is 1.93. The van der Waals surface area contributed by atoms with Crippen LogP contribution in [0, 0.1) is 13.8 Å². The van der Waals surface area contributed by atoms with E-state index in [4.69, 9.17) is 0 Å². The molecule has 0 spiro atoms. The topological polar surface area (TPSA) is 12.0 Å². The largest absolute Gasteiger partial charge is 0.306 e. The molecule has 1 unspecified atom stereocenters. The highest BCUT2D eigenvalue weighted by Crippen LogP contribution is 2.30. The maximum Gasteiger partial charge on any atom is 0.0673 e. The SMILES string of the molecule is CCNC(c1ccc(CC)s1)c1ccc(C)cc1C. The van der Waals surface area contributed by atoms with Gasteiger partial charge in [0, 0.05) is 9.75 Å². The van der Waals surface area contributed by atoms with Crippen LogP contribution in [0.5, 0.6) is 0 Å². The van der Waals surface area contributed by atoms with E-state index in [1.807, 2.05) is 11.3 Å². The third-order valence-corrected chi connectivity index (χ3v) is 4.75. The molecule has 2 aromatic rings. The Balaban J connectivity index is 2.38. The summed E-state index contributed by atoms with van der Waals surface area (Å²) in [6, 6.07) is 11.6. The zero-order valence-corrected chi connectivity index (χ0v) is 13.1. The lowest BCUT2D eigenvalue weighted by atomic mass is 9.98. The van der Waals surface area contributed by atoms with Gasteiger partial charge in [0.25, 0.3) is 0 Å². The van der Waals surface area contributed by atoms with Crippen molar-refractivity contribution < 1.29 is 0 Å². The van der Waals surface area contributed by atoms with Crippen LogP contribution >= 0.6 is 11.3 Å². The Morgan fingerprint density at radius 2 is 1.89 bits per heavy atom. The Morgan fingerprint density at radius 1 is 1.11 bits per heavy atom. The number of aryl methyl sites for hydroxylation is 3. The predicted octanol–water partition coefficient (Wildman–Crippen LogP) is 4.63. The van der Waals surface area contributed by atoms with Gasteiger partial charge in [0.2, 0.25) is 0 Å². The zero-order chi connectivity index (χ0) is 13.8. The maximum atomic E-state index is 3.62. The summed E-state index contributed by atoms with van der Waals surface area (Å²) in [6.07, 6.45) is 1.12. The van der Waals surface area contributed by atoms with Gasteiger partial charge >= 0.3 is 0 Å². The maximum absolute atomic E-state index is 3.62. The Labute approximate surface area is 120 Å². The molecule has 19 heavy (non-hydrogen) atoms. The molecule has 0 saturated carbocycles. The molecule has 1 heterocycles. The van der Waals surface area contributed by atoms with Crippen molar-refractivity contribution in [2.24, 2.45) is 0 Å². The minimum atomic E-state index is 0.330. The molecule has 0 radical (unpaired) electrons. The van der Waals surface area contributed by atoms with Crippen LogP contribution < -0.4 is 5.32 Å². The first-order valence-corrected chi connectivity index (χ1v) is 7.86. The summed E-state index contributed by atoms with van der Waals surface area (Å²) in [4.78, 5) is 2.88. The molecular weight excluding hydrogens is 250 g/mol. The van der Waals surface area contributed by atoms with Crippen LogP contribution in [0.3, 0.4) is 0 Å². The first kappa shape index (κ1) is 14.3. The summed E-state index contributed by atoms with van der Waals surface area (Å²) in [5, 5.41) is 3.62. The van der Waals surface area contributed by atoms with E-state index in [9.17, 15) is 0 Å². The lowest BCUT2D eigenvalue weighted by molar-refractivity contribution is 0.636. The molecule has 102 valence electrons. The molecule has 2 rings (SSSR count). The van der Waals surface area contributed by atoms with Gasteiger partial charge in [-0.1, -0.05) is 37.6 Å². The standard InChI is InChI=1S/C17H23NS/c1-5-14-8-10-16(19-14)17(18-6-2)15-9-7-12(3)11-13(15)4/h7-11,17-18H,5-6H2,1-4H3. The number of hydrogen-bond acceptors (Lipinski definition) is 2. The molecule has 0 fully saturated rings. The number of rotatable bonds is 5. The van der Waals surface area contributed by atoms with Crippen LogP contribution in [0.15, 0.2) is 30.3 Å². The molecule has 1 N–H and O–H groups in total. The van der Waals surface area contributed by atoms with E-state index in [-0.39, 0.29) is 0 Å². The number of hydrogen-bond donors (Lipinski definition) is 1. The highest BCUT2D eigenvalue weighted by Gasteiger charge is 2.16. The lowest BCUT2D eigenvalue weighted by Crippen LogP contribution is -2.21. The fourth-order valence-corrected chi connectivity index (χ4v) is 3.50. The van der Waals surface area contributed by atoms with Gasteiger partial charge in [0.15, 0.2) is 0 Å². The quantitative estimate of drug-likeness (QED) is 0.837. The van der Waals surface area contributed by atoms with E-state index >= 15 is 0 Å². The molecule has 0 amide bonds. The molecule has 2 heteroatoms. The number of nitrogens with one attached hydrogen (secondary N) is 1. The van der Waals surface area contributed by atoms with Gasteiger partial charge in [-0.05, 0) is 50.1 Å². The number of benzene rings is 1. The van der Waals surface area contributed by atoms with E-state index in [1.54, 1.807) is 0 Å². The molecule has 0 aliphatic rings. The van der Waals surface area contributed by atoms with Crippen LogP contribution in [0.1, 0.15) is 46.3 Å². The van der Waals surface area contributed by atoms with Crippen LogP contribution in [-0.4, -0.2) is 6.54 Å². The van der Waals surface area contributed by atoms with Crippen molar-refractivity contribution in [3.8, 4) is 0 Å². The lowest BCUT2D eigenvalue weighted by Gasteiger charge is -2.19. The second-order valence-electron chi connectivity index (χ2n) is 5.01. The van der Waals surface area contributed by atoms with E-state index in [1.165, 1.54) is 26.4 Å². The first-order chi connectivity index (χ1) is 9.15. The summed E-state index contributed by atoms with van der Waals surface area (Å²) in [5.41, 5.74) is 4.10. The summed E-state index contributed by atoms with van der Waals surface area (Å²) in [7, 11) is 0. The highest BCUT2D eigenvalue weighted by molar-refractivity contribution is 7.12. The summed E-state index contributed by atoms with van der Waals surface area (Å²) < 4.78 is 0. The minimum absolute atomic E-state index is 0.330. The van der Waals surface area contributed by atoms with Crippen LogP contribution in [0.25, 0.3) is 0 Å². The van der Waals surface area contributed by atoms with Crippen molar-refractivity contribution in [2.75, 3.05) is 6.54 Å². The monoisotopic (exact) mass is 273 g/mol. The van der Waals surface area contributed by atoms with Crippen molar-refractivity contribution in [3.63, 3.8) is 0 Å². The molecule has 0 bridgehead atoms. The van der Waals surface area contributed by atoms with Crippen molar-refractivity contribution in [1.82, 2.24) is 5.32 Å². The van der Waals surface area contributed by atoms with Crippen LogP contribution in [-0.2, 0) is 6.42 Å². The number of thiophene rings is 1. The third-order valence-electron chi connectivity index (χ3n) is 3.46. The molecule has 1 aromatic heterocycles. The van der Waals surface area contributed by atoms with E-state index < -0.39 is 0 Å². The van der Waals surface area contributed by atoms with Crippen LogP contribution in [0.4, 0.5) is 0 Å². The van der Waals surface area contributed by atoms with Crippen molar-refractivity contribution >= 4 is 11.3 Å². The van der Waals surface area contributed by atoms with Gasteiger partial charge in [0.05, 0.1) is 6.04 Å². The molecule has 0 saturated heterocycles. The van der Waals surface area contributed by atoms with Crippen molar-refractivity contribution in [2.45, 2.75) is 40.2 Å². The zero-order valence-electron chi connectivity index (χ0n) is 12.3. The minimum Gasteiger partial charge on any atom is -0.306 e. The van der Waals surface area contributed by atoms with Crippen LogP contribution in [0.2, 0.25) is 0 Å². The normalized spacial score (nSPS) is 12.6. The Bertz CT molecular complexity index is 542. The molecule has 1 nitrogen and oxygen atoms in total. The average Bonchev–Trinajstić information content (AvgIpc) is 2.85. The molecule has 0 aliphatic heterocycles. The smallest absolute Gasteiger partial charge is 0.0673 e. The fraction of sp³-hybridized carbons (Fsp3) is 0.412. The fourth-order valence-electron chi connectivity index (χ4n) is 2.46. The second-order valence-corrected chi connectivity index (χ2v) is 6.21. The Kier molecular flexibility index (Phi) is 4.78.